The maximum absolute atomic E-state index is 6.55. The van der Waals surface area contributed by atoms with E-state index in [-0.39, 0.29) is 5.04 Å². The van der Waals surface area contributed by atoms with Gasteiger partial charge < -0.3 is 23.4 Å². The minimum absolute atomic E-state index is 0.0932. The minimum atomic E-state index is -2.00. The van der Waals surface area contributed by atoms with Gasteiger partial charge in [0.25, 0.3) is 8.32 Å². The third-order valence-electron chi connectivity index (χ3n) is 5.86. The molecule has 0 spiro atoms. The molecule has 2 aromatic rings. The molecule has 5 nitrogen and oxygen atoms in total. The van der Waals surface area contributed by atoms with Gasteiger partial charge in [-0.2, -0.15) is 0 Å². The standard InChI is InChI=1S/C25H36O5Si/c1-17(19-15-22(27-6)24(29-8)23(16-19)28-7)13-18-11-12-20(26-5)21(14-18)30-31(9,10)25(2,3)4/h11-16H,1-10H3/b17-13-. The average Bonchev–Trinajstić information content (AvgIpc) is 2.71. The second-order valence-electron chi connectivity index (χ2n) is 9.01. The molecule has 170 valence electrons. The van der Waals surface area contributed by atoms with Crippen molar-refractivity contribution in [3.8, 4) is 28.7 Å². The van der Waals surface area contributed by atoms with E-state index in [1.165, 1.54) is 0 Å². The fourth-order valence-electron chi connectivity index (χ4n) is 2.93. The summed E-state index contributed by atoms with van der Waals surface area (Å²) in [6, 6.07) is 9.92. The van der Waals surface area contributed by atoms with Crippen LogP contribution in [0.3, 0.4) is 0 Å². The van der Waals surface area contributed by atoms with E-state index in [0.29, 0.717) is 17.2 Å². The van der Waals surface area contributed by atoms with Crippen molar-refractivity contribution in [3.05, 3.63) is 41.5 Å². The number of benzene rings is 2. The Morgan fingerprint density at radius 2 is 1.32 bits per heavy atom. The van der Waals surface area contributed by atoms with Crippen LogP contribution in [0.25, 0.3) is 11.6 Å². The molecular formula is C25H36O5Si. The van der Waals surface area contributed by atoms with Crippen LogP contribution in [0.1, 0.15) is 38.8 Å². The largest absolute Gasteiger partial charge is 0.541 e. The summed E-state index contributed by atoms with van der Waals surface area (Å²) in [6.45, 7) is 13.2. The van der Waals surface area contributed by atoms with Crippen LogP contribution in [0.5, 0.6) is 28.7 Å². The Bertz CT molecular complexity index is 916. The van der Waals surface area contributed by atoms with E-state index in [1.54, 1.807) is 28.4 Å². The number of hydrogen-bond acceptors (Lipinski definition) is 5. The van der Waals surface area contributed by atoms with Crippen molar-refractivity contribution in [2.24, 2.45) is 0 Å². The predicted octanol–water partition coefficient (Wildman–Crippen LogP) is 6.67. The lowest BCUT2D eigenvalue weighted by Crippen LogP contribution is -2.43. The Kier molecular flexibility index (Phi) is 7.71. The maximum atomic E-state index is 6.55. The van der Waals surface area contributed by atoms with Crippen molar-refractivity contribution in [2.45, 2.75) is 45.8 Å². The van der Waals surface area contributed by atoms with Crippen molar-refractivity contribution in [1.29, 1.82) is 0 Å². The highest BCUT2D eigenvalue weighted by molar-refractivity contribution is 6.74. The molecule has 0 saturated heterocycles. The quantitative estimate of drug-likeness (QED) is 0.336. The predicted molar refractivity (Wildman–Crippen MR) is 130 cm³/mol. The summed E-state index contributed by atoms with van der Waals surface area (Å²) < 4.78 is 28.5. The zero-order valence-corrected chi connectivity index (χ0v) is 21.5. The Morgan fingerprint density at radius 3 is 1.77 bits per heavy atom. The molecule has 2 aromatic carbocycles. The van der Waals surface area contributed by atoms with Crippen LogP contribution in [-0.2, 0) is 0 Å². The first kappa shape index (κ1) is 24.7. The highest BCUT2D eigenvalue weighted by Crippen LogP contribution is 2.42. The molecule has 0 radical (unpaired) electrons. The number of allylic oxidation sites excluding steroid dienone is 1. The molecule has 0 aromatic heterocycles. The van der Waals surface area contributed by atoms with Gasteiger partial charge in [-0.05, 0) is 66.0 Å². The zero-order valence-electron chi connectivity index (χ0n) is 20.5. The van der Waals surface area contributed by atoms with E-state index in [0.717, 1.165) is 28.2 Å². The molecule has 0 aliphatic heterocycles. The molecule has 0 fully saturated rings. The van der Waals surface area contributed by atoms with Crippen LogP contribution in [0, 0.1) is 0 Å². The van der Waals surface area contributed by atoms with Gasteiger partial charge in [0.2, 0.25) is 5.75 Å². The molecule has 0 aliphatic rings. The number of rotatable bonds is 8. The molecule has 0 unspecified atom stereocenters. The first-order chi connectivity index (χ1) is 14.5. The van der Waals surface area contributed by atoms with Gasteiger partial charge in [0.15, 0.2) is 17.2 Å². The van der Waals surface area contributed by atoms with Gasteiger partial charge in [0.1, 0.15) is 5.75 Å². The fraction of sp³-hybridized carbons (Fsp3) is 0.440. The van der Waals surface area contributed by atoms with E-state index in [1.807, 2.05) is 30.3 Å². The zero-order chi connectivity index (χ0) is 23.4. The van der Waals surface area contributed by atoms with Crippen LogP contribution < -0.4 is 23.4 Å². The molecule has 0 bridgehead atoms. The van der Waals surface area contributed by atoms with Crippen molar-refractivity contribution in [3.63, 3.8) is 0 Å². The Balaban J connectivity index is 2.48. The molecule has 0 amide bonds. The molecule has 0 N–H and O–H groups in total. The van der Waals surface area contributed by atoms with Gasteiger partial charge in [0.05, 0.1) is 28.4 Å². The van der Waals surface area contributed by atoms with Gasteiger partial charge in [-0.25, -0.2) is 0 Å². The first-order valence-electron chi connectivity index (χ1n) is 10.3. The smallest absolute Gasteiger partial charge is 0.250 e. The lowest BCUT2D eigenvalue weighted by molar-refractivity contribution is 0.324. The first-order valence-corrected chi connectivity index (χ1v) is 13.2. The van der Waals surface area contributed by atoms with Gasteiger partial charge in [-0.15, -0.1) is 0 Å². The Labute approximate surface area is 188 Å². The molecular weight excluding hydrogens is 408 g/mol. The second kappa shape index (κ2) is 9.69. The summed E-state index contributed by atoms with van der Waals surface area (Å²) in [5.41, 5.74) is 3.07. The van der Waals surface area contributed by atoms with E-state index >= 15 is 0 Å². The van der Waals surface area contributed by atoms with Gasteiger partial charge >= 0.3 is 0 Å². The Hall–Kier alpha value is -2.60. The van der Waals surface area contributed by atoms with Gasteiger partial charge in [-0.3, -0.25) is 0 Å². The van der Waals surface area contributed by atoms with Crippen molar-refractivity contribution >= 4 is 20.0 Å². The lowest BCUT2D eigenvalue weighted by Gasteiger charge is -2.36. The van der Waals surface area contributed by atoms with Crippen LogP contribution in [0.2, 0.25) is 18.1 Å². The maximum Gasteiger partial charge on any atom is 0.250 e. The van der Waals surface area contributed by atoms with Crippen LogP contribution in [-0.4, -0.2) is 36.8 Å². The molecule has 0 saturated carbocycles. The fourth-order valence-corrected chi connectivity index (χ4v) is 3.95. The van der Waals surface area contributed by atoms with Gasteiger partial charge in [-0.1, -0.05) is 32.9 Å². The molecule has 31 heavy (non-hydrogen) atoms. The number of ether oxygens (including phenoxy) is 4. The summed E-state index contributed by atoms with van der Waals surface area (Å²) >= 11 is 0. The van der Waals surface area contributed by atoms with Crippen molar-refractivity contribution < 1.29 is 23.4 Å². The number of hydrogen-bond donors (Lipinski definition) is 0. The second-order valence-corrected chi connectivity index (χ2v) is 13.7. The molecule has 0 heterocycles. The molecule has 6 heteroatoms. The minimum Gasteiger partial charge on any atom is -0.541 e. The van der Waals surface area contributed by atoms with E-state index < -0.39 is 8.32 Å². The molecule has 0 atom stereocenters. The highest BCUT2D eigenvalue weighted by atomic mass is 28.4. The molecule has 0 aliphatic carbocycles. The summed E-state index contributed by atoms with van der Waals surface area (Å²) in [6.07, 6.45) is 2.11. The average molecular weight is 445 g/mol. The van der Waals surface area contributed by atoms with E-state index in [2.05, 4.69) is 46.9 Å². The molecule has 2 rings (SSSR count). The summed E-state index contributed by atoms with van der Waals surface area (Å²) in [5, 5.41) is 0.0932. The third kappa shape index (κ3) is 5.56. The van der Waals surface area contributed by atoms with E-state index in [9.17, 15) is 0 Å². The van der Waals surface area contributed by atoms with Crippen LogP contribution >= 0.6 is 0 Å². The van der Waals surface area contributed by atoms with Crippen LogP contribution in [0.4, 0.5) is 0 Å². The SMILES string of the molecule is COc1ccc(/C=C(/C)c2cc(OC)c(OC)c(OC)c2)cc1O[Si](C)(C)C(C)(C)C. The normalized spacial score (nSPS) is 12.4. The van der Waals surface area contributed by atoms with Gasteiger partial charge in [0, 0.05) is 0 Å². The summed E-state index contributed by atoms with van der Waals surface area (Å²) in [5.74, 6) is 3.35. The summed E-state index contributed by atoms with van der Waals surface area (Å²) in [7, 11) is 4.51. The van der Waals surface area contributed by atoms with Crippen molar-refractivity contribution in [2.75, 3.05) is 28.4 Å². The van der Waals surface area contributed by atoms with Crippen LogP contribution in [0.15, 0.2) is 30.3 Å². The van der Waals surface area contributed by atoms with Crippen molar-refractivity contribution in [1.82, 2.24) is 0 Å². The third-order valence-corrected chi connectivity index (χ3v) is 10.2. The summed E-state index contributed by atoms with van der Waals surface area (Å²) in [4.78, 5) is 0. The topological polar surface area (TPSA) is 46.2 Å². The van der Waals surface area contributed by atoms with E-state index in [4.69, 9.17) is 23.4 Å². The number of methoxy groups -OCH3 is 4. The Morgan fingerprint density at radius 1 is 0.774 bits per heavy atom. The highest BCUT2D eigenvalue weighted by Gasteiger charge is 2.39. The monoisotopic (exact) mass is 444 g/mol. The lowest BCUT2D eigenvalue weighted by atomic mass is 10.0.